The molecule has 0 radical (unpaired) electrons. The highest BCUT2D eigenvalue weighted by Crippen LogP contribution is 2.15. The van der Waals surface area contributed by atoms with Crippen LogP contribution in [0.25, 0.3) is 0 Å². The van der Waals surface area contributed by atoms with E-state index in [4.69, 9.17) is 0 Å². The van der Waals surface area contributed by atoms with Crippen LogP contribution in [0.4, 0.5) is 11.6 Å². The van der Waals surface area contributed by atoms with Crippen molar-refractivity contribution < 1.29 is 0 Å². The number of nitrogens with one attached hydrogen (secondary N) is 2. The molecule has 0 aliphatic carbocycles. The van der Waals surface area contributed by atoms with Gasteiger partial charge in [-0.25, -0.2) is 9.97 Å². The molecule has 0 saturated carbocycles. The number of nitrogens with zero attached hydrogens (tertiary/aromatic N) is 2. The van der Waals surface area contributed by atoms with Crippen molar-refractivity contribution in [3.63, 3.8) is 0 Å². The third-order valence-electron chi connectivity index (χ3n) is 2.77. The lowest BCUT2D eigenvalue weighted by atomic mass is 10.3. The van der Waals surface area contributed by atoms with Gasteiger partial charge < -0.3 is 10.6 Å². The first-order valence-electron chi connectivity index (χ1n) is 7.65. The maximum absolute atomic E-state index is 4.61. The van der Waals surface area contributed by atoms with Crippen molar-refractivity contribution in [2.45, 2.75) is 53.0 Å². The molecule has 0 saturated heterocycles. The van der Waals surface area contributed by atoms with Crippen molar-refractivity contribution in [1.29, 1.82) is 0 Å². The molecule has 1 atom stereocenters. The standard InChI is InChI=1S/C15H28N4S/c1-5-8-13-18-14(16-9-6-2)10-15(19-13)17-12(4)11-20-7-3/h10,12H,5-9,11H2,1-4H3,(H2,16,17,18,19). The Balaban J connectivity index is 2.73. The van der Waals surface area contributed by atoms with Crippen molar-refractivity contribution in [3.8, 4) is 0 Å². The quantitative estimate of drug-likeness (QED) is 0.687. The minimum Gasteiger partial charge on any atom is -0.370 e. The third kappa shape index (κ3) is 6.46. The molecule has 0 aliphatic rings. The molecule has 1 aromatic rings. The van der Waals surface area contributed by atoms with E-state index in [1.807, 2.05) is 17.8 Å². The molecule has 0 amide bonds. The molecule has 20 heavy (non-hydrogen) atoms. The van der Waals surface area contributed by atoms with Gasteiger partial charge in [0.05, 0.1) is 0 Å². The van der Waals surface area contributed by atoms with Gasteiger partial charge in [-0.1, -0.05) is 20.8 Å². The van der Waals surface area contributed by atoms with E-state index in [0.29, 0.717) is 6.04 Å². The fourth-order valence-corrected chi connectivity index (χ4v) is 2.51. The number of aromatic nitrogens is 2. The third-order valence-corrected chi connectivity index (χ3v) is 3.91. The molecule has 1 aromatic heterocycles. The van der Waals surface area contributed by atoms with E-state index in [2.05, 4.69) is 48.3 Å². The number of hydrogen-bond donors (Lipinski definition) is 2. The molecule has 1 unspecified atom stereocenters. The summed E-state index contributed by atoms with van der Waals surface area (Å²) >= 11 is 1.95. The van der Waals surface area contributed by atoms with Crippen molar-refractivity contribution in [2.24, 2.45) is 0 Å². The highest BCUT2D eigenvalue weighted by atomic mass is 32.2. The molecule has 5 heteroatoms. The maximum atomic E-state index is 4.61. The lowest BCUT2D eigenvalue weighted by Gasteiger charge is -2.15. The largest absolute Gasteiger partial charge is 0.370 e. The second-order valence-corrected chi connectivity index (χ2v) is 6.26. The van der Waals surface area contributed by atoms with E-state index in [-0.39, 0.29) is 0 Å². The molecule has 0 fully saturated rings. The summed E-state index contributed by atoms with van der Waals surface area (Å²) in [7, 11) is 0. The van der Waals surface area contributed by atoms with E-state index in [0.717, 1.165) is 54.8 Å². The zero-order valence-corrected chi connectivity index (χ0v) is 14.0. The van der Waals surface area contributed by atoms with Gasteiger partial charge in [-0.3, -0.25) is 0 Å². The zero-order valence-electron chi connectivity index (χ0n) is 13.2. The smallest absolute Gasteiger partial charge is 0.133 e. The van der Waals surface area contributed by atoms with Gasteiger partial charge in [-0.15, -0.1) is 0 Å². The number of rotatable bonds is 10. The van der Waals surface area contributed by atoms with E-state index in [1.54, 1.807) is 0 Å². The van der Waals surface area contributed by atoms with Gasteiger partial charge in [0.15, 0.2) is 0 Å². The van der Waals surface area contributed by atoms with E-state index < -0.39 is 0 Å². The highest BCUT2D eigenvalue weighted by molar-refractivity contribution is 7.99. The van der Waals surface area contributed by atoms with Crippen LogP contribution < -0.4 is 10.6 Å². The van der Waals surface area contributed by atoms with Crippen LogP contribution in [-0.2, 0) is 6.42 Å². The van der Waals surface area contributed by atoms with Gasteiger partial charge in [-0.05, 0) is 25.5 Å². The van der Waals surface area contributed by atoms with Crippen LogP contribution in [0.15, 0.2) is 6.07 Å². The van der Waals surface area contributed by atoms with Gasteiger partial charge in [0.1, 0.15) is 17.5 Å². The maximum Gasteiger partial charge on any atom is 0.133 e. The fourth-order valence-electron chi connectivity index (χ4n) is 1.84. The molecule has 0 bridgehead atoms. The predicted octanol–water partition coefficient (Wildman–Crippen LogP) is 3.80. The summed E-state index contributed by atoms with van der Waals surface area (Å²) in [4.78, 5) is 9.17. The average molecular weight is 296 g/mol. The number of thioether (sulfide) groups is 1. The lowest BCUT2D eigenvalue weighted by molar-refractivity contribution is 0.822. The van der Waals surface area contributed by atoms with Crippen LogP contribution in [0.3, 0.4) is 0 Å². The van der Waals surface area contributed by atoms with Crippen LogP contribution in [0.1, 0.15) is 46.4 Å². The lowest BCUT2D eigenvalue weighted by Crippen LogP contribution is -2.20. The first-order chi connectivity index (χ1) is 9.69. The Labute approximate surface area is 127 Å². The first-order valence-corrected chi connectivity index (χ1v) is 8.81. The molecule has 1 heterocycles. The Bertz CT molecular complexity index is 384. The van der Waals surface area contributed by atoms with Crippen LogP contribution in [0, 0.1) is 0 Å². The Morgan fingerprint density at radius 2 is 1.90 bits per heavy atom. The Morgan fingerprint density at radius 3 is 2.55 bits per heavy atom. The van der Waals surface area contributed by atoms with Crippen molar-refractivity contribution in [1.82, 2.24) is 9.97 Å². The summed E-state index contributed by atoms with van der Waals surface area (Å²) < 4.78 is 0. The van der Waals surface area contributed by atoms with E-state index >= 15 is 0 Å². The molecular formula is C15H28N4S. The van der Waals surface area contributed by atoms with Gasteiger partial charge in [0.2, 0.25) is 0 Å². The van der Waals surface area contributed by atoms with Gasteiger partial charge in [-0.2, -0.15) is 11.8 Å². The Kier molecular flexibility index (Phi) is 8.42. The minimum atomic E-state index is 0.420. The fraction of sp³-hybridized carbons (Fsp3) is 0.733. The van der Waals surface area contributed by atoms with Gasteiger partial charge >= 0.3 is 0 Å². The molecule has 2 N–H and O–H groups in total. The normalized spacial score (nSPS) is 12.2. The second-order valence-electron chi connectivity index (χ2n) is 4.94. The zero-order chi connectivity index (χ0) is 14.8. The minimum absolute atomic E-state index is 0.420. The molecule has 0 spiro atoms. The van der Waals surface area contributed by atoms with Crippen LogP contribution in [0.2, 0.25) is 0 Å². The molecule has 1 rings (SSSR count). The molecule has 0 aliphatic heterocycles. The molecule has 114 valence electrons. The van der Waals surface area contributed by atoms with Crippen LogP contribution >= 0.6 is 11.8 Å². The van der Waals surface area contributed by atoms with Crippen molar-refractivity contribution in [2.75, 3.05) is 28.7 Å². The van der Waals surface area contributed by atoms with Crippen molar-refractivity contribution >= 4 is 23.4 Å². The summed E-state index contributed by atoms with van der Waals surface area (Å²) in [5.41, 5.74) is 0. The highest BCUT2D eigenvalue weighted by Gasteiger charge is 2.07. The second kappa shape index (κ2) is 9.86. The van der Waals surface area contributed by atoms with Crippen LogP contribution in [0.5, 0.6) is 0 Å². The number of aryl methyl sites for hydroxylation is 1. The molecular weight excluding hydrogens is 268 g/mol. The van der Waals surface area contributed by atoms with Crippen LogP contribution in [-0.4, -0.2) is 34.1 Å². The molecule has 0 aromatic carbocycles. The van der Waals surface area contributed by atoms with E-state index in [1.165, 1.54) is 0 Å². The summed E-state index contributed by atoms with van der Waals surface area (Å²) in [5, 5.41) is 6.83. The topological polar surface area (TPSA) is 49.8 Å². The summed E-state index contributed by atoms with van der Waals surface area (Å²) in [6.07, 6.45) is 3.09. The predicted molar refractivity (Wildman–Crippen MR) is 90.9 cm³/mol. The Morgan fingerprint density at radius 1 is 1.15 bits per heavy atom. The van der Waals surface area contributed by atoms with Gasteiger partial charge in [0.25, 0.3) is 0 Å². The SMILES string of the molecule is CCCNc1cc(NC(C)CSCC)nc(CCC)n1. The van der Waals surface area contributed by atoms with Gasteiger partial charge in [0, 0.05) is 30.8 Å². The Hall–Kier alpha value is -0.970. The summed E-state index contributed by atoms with van der Waals surface area (Å²) in [5.74, 6) is 5.04. The van der Waals surface area contributed by atoms with Crippen molar-refractivity contribution in [3.05, 3.63) is 11.9 Å². The number of hydrogen-bond acceptors (Lipinski definition) is 5. The van der Waals surface area contributed by atoms with E-state index in [9.17, 15) is 0 Å². The first kappa shape index (κ1) is 17.1. The number of anilines is 2. The monoisotopic (exact) mass is 296 g/mol. The average Bonchev–Trinajstić information content (AvgIpc) is 2.43. The summed E-state index contributed by atoms with van der Waals surface area (Å²) in [6.45, 7) is 9.65. The molecule has 4 nitrogen and oxygen atoms in total. The summed E-state index contributed by atoms with van der Waals surface area (Å²) in [6, 6.07) is 2.44.